The van der Waals surface area contributed by atoms with E-state index in [0.717, 1.165) is 20.9 Å². The highest BCUT2D eigenvalue weighted by Crippen LogP contribution is 2.25. The maximum Gasteiger partial charge on any atom is 0.282 e. The Bertz CT molecular complexity index is 578. The van der Waals surface area contributed by atoms with E-state index in [1.54, 1.807) is 6.20 Å². The van der Waals surface area contributed by atoms with E-state index < -0.39 is 19.1 Å². The van der Waals surface area contributed by atoms with Gasteiger partial charge in [0.2, 0.25) is 0 Å². The minimum Gasteiger partial charge on any atom is -0.390 e. The molecule has 0 saturated heterocycles. The van der Waals surface area contributed by atoms with E-state index in [9.17, 15) is 8.78 Å². The first kappa shape index (κ1) is 14.3. The monoisotopic (exact) mass is 330 g/mol. The average molecular weight is 331 g/mol. The molecule has 0 radical (unpaired) electrons. The molecule has 0 amide bonds. The highest BCUT2D eigenvalue weighted by atomic mass is 79.9. The number of pyridine rings is 1. The minimum absolute atomic E-state index is 0.274. The predicted molar refractivity (Wildman–Crippen MR) is 73.2 cm³/mol. The van der Waals surface area contributed by atoms with E-state index in [2.05, 4.69) is 26.2 Å². The molecule has 2 aromatic rings. The van der Waals surface area contributed by atoms with Gasteiger partial charge >= 0.3 is 0 Å². The van der Waals surface area contributed by atoms with Crippen molar-refractivity contribution in [1.29, 1.82) is 0 Å². The van der Waals surface area contributed by atoms with E-state index in [0.29, 0.717) is 0 Å². The summed E-state index contributed by atoms with van der Waals surface area (Å²) in [7, 11) is 0. The fraction of sp³-hybridized carbons (Fsp3) is 0.308. The Morgan fingerprint density at radius 3 is 2.84 bits per heavy atom. The Balaban J connectivity index is 2.16. The van der Waals surface area contributed by atoms with Crippen LogP contribution in [0.4, 0.5) is 8.78 Å². The molecule has 0 aliphatic rings. The maximum absolute atomic E-state index is 12.9. The van der Waals surface area contributed by atoms with Crippen LogP contribution in [-0.4, -0.2) is 29.2 Å². The largest absolute Gasteiger partial charge is 0.390 e. The lowest BCUT2D eigenvalue weighted by atomic mass is 10.1. The standard InChI is InChI=1S/C13H13BrF2N2O/c14-11-4-3-9(6-17-7-13(15,16)8-19)12-10(11)2-1-5-18-12/h1-5,17,19H,6-8H2. The maximum atomic E-state index is 12.9. The summed E-state index contributed by atoms with van der Waals surface area (Å²) in [5, 5.41) is 12.1. The van der Waals surface area contributed by atoms with Crippen LogP contribution in [0.2, 0.25) is 0 Å². The van der Waals surface area contributed by atoms with Crippen LogP contribution >= 0.6 is 15.9 Å². The molecule has 0 saturated carbocycles. The van der Waals surface area contributed by atoms with Crippen molar-refractivity contribution < 1.29 is 13.9 Å². The quantitative estimate of drug-likeness (QED) is 0.886. The Labute approximate surface area is 117 Å². The van der Waals surface area contributed by atoms with Gasteiger partial charge in [-0.25, -0.2) is 8.78 Å². The Morgan fingerprint density at radius 2 is 2.11 bits per heavy atom. The summed E-state index contributed by atoms with van der Waals surface area (Å²) in [5.74, 6) is -3.10. The lowest BCUT2D eigenvalue weighted by Crippen LogP contribution is -2.35. The molecule has 0 bridgehead atoms. The fourth-order valence-corrected chi connectivity index (χ4v) is 2.23. The smallest absolute Gasteiger partial charge is 0.282 e. The van der Waals surface area contributed by atoms with Crippen molar-refractivity contribution in [2.24, 2.45) is 0 Å². The van der Waals surface area contributed by atoms with Crippen LogP contribution in [0.3, 0.4) is 0 Å². The zero-order valence-electron chi connectivity index (χ0n) is 10.0. The molecular formula is C13H13BrF2N2O. The summed E-state index contributed by atoms with van der Waals surface area (Å²) in [4.78, 5) is 4.27. The molecule has 2 rings (SSSR count). The van der Waals surface area contributed by atoms with E-state index in [1.807, 2.05) is 24.3 Å². The Hall–Kier alpha value is -1.11. The first-order valence-corrected chi connectivity index (χ1v) is 6.54. The molecule has 0 atom stereocenters. The lowest BCUT2D eigenvalue weighted by Gasteiger charge is -2.14. The molecule has 3 nitrogen and oxygen atoms in total. The van der Waals surface area contributed by atoms with Crippen molar-refractivity contribution >= 4 is 26.8 Å². The highest BCUT2D eigenvalue weighted by molar-refractivity contribution is 9.10. The van der Waals surface area contributed by atoms with Crippen molar-refractivity contribution in [1.82, 2.24) is 10.3 Å². The van der Waals surface area contributed by atoms with Crippen LogP contribution in [-0.2, 0) is 6.54 Å². The van der Waals surface area contributed by atoms with Crippen molar-refractivity contribution in [2.45, 2.75) is 12.5 Å². The van der Waals surface area contributed by atoms with Crippen molar-refractivity contribution in [3.05, 3.63) is 40.5 Å². The number of rotatable bonds is 5. The van der Waals surface area contributed by atoms with Gasteiger partial charge in [0.1, 0.15) is 6.61 Å². The van der Waals surface area contributed by atoms with Gasteiger partial charge in [-0.3, -0.25) is 4.98 Å². The topological polar surface area (TPSA) is 45.1 Å². The van der Waals surface area contributed by atoms with Crippen LogP contribution < -0.4 is 5.32 Å². The van der Waals surface area contributed by atoms with Gasteiger partial charge in [-0.1, -0.05) is 28.1 Å². The first-order valence-electron chi connectivity index (χ1n) is 5.75. The molecule has 1 aromatic carbocycles. The molecule has 19 heavy (non-hydrogen) atoms. The van der Waals surface area contributed by atoms with Gasteiger partial charge in [0.15, 0.2) is 0 Å². The zero-order valence-corrected chi connectivity index (χ0v) is 11.6. The number of aliphatic hydroxyl groups is 1. The fourth-order valence-electron chi connectivity index (χ4n) is 1.77. The predicted octanol–water partition coefficient (Wildman–Crippen LogP) is 2.71. The van der Waals surface area contributed by atoms with Crippen LogP contribution in [0.15, 0.2) is 34.9 Å². The second kappa shape index (κ2) is 5.90. The number of hydrogen-bond acceptors (Lipinski definition) is 3. The number of nitrogens with one attached hydrogen (secondary N) is 1. The van der Waals surface area contributed by atoms with Crippen LogP contribution in [0.1, 0.15) is 5.56 Å². The Kier molecular flexibility index (Phi) is 4.44. The van der Waals surface area contributed by atoms with E-state index >= 15 is 0 Å². The van der Waals surface area contributed by atoms with Gasteiger partial charge in [0.25, 0.3) is 5.92 Å². The second-order valence-electron chi connectivity index (χ2n) is 4.22. The zero-order chi connectivity index (χ0) is 13.9. The molecule has 1 aromatic heterocycles. The highest BCUT2D eigenvalue weighted by Gasteiger charge is 2.26. The van der Waals surface area contributed by atoms with Crippen LogP contribution in [0, 0.1) is 0 Å². The summed E-state index contributed by atoms with van der Waals surface area (Å²) in [6.45, 7) is -1.44. The SMILES string of the molecule is OCC(F)(F)CNCc1ccc(Br)c2cccnc12. The van der Waals surface area contributed by atoms with Crippen molar-refractivity contribution in [2.75, 3.05) is 13.2 Å². The molecular weight excluding hydrogens is 318 g/mol. The van der Waals surface area contributed by atoms with Gasteiger partial charge in [0, 0.05) is 22.6 Å². The van der Waals surface area contributed by atoms with E-state index in [-0.39, 0.29) is 6.54 Å². The number of nitrogens with zero attached hydrogens (tertiary/aromatic N) is 1. The number of aliphatic hydroxyl groups excluding tert-OH is 1. The second-order valence-corrected chi connectivity index (χ2v) is 5.08. The number of fused-ring (bicyclic) bond motifs is 1. The van der Waals surface area contributed by atoms with Gasteiger partial charge in [0.05, 0.1) is 12.1 Å². The molecule has 2 N–H and O–H groups in total. The summed E-state index contributed by atoms with van der Waals surface area (Å²) >= 11 is 3.43. The third-order valence-electron chi connectivity index (χ3n) is 2.73. The van der Waals surface area contributed by atoms with Crippen molar-refractivity contribution in [3.63, 3.8) is 0 Å². The summed E-state index contributed by atoms with van der Waals surface area (Å²) < 4.78 is 26.7. The van der Waals surface area contributed by atoms with E-state index in [4.69, 9.17) is 5.11 Å². The van der Waals surface area contributed by atoms with Gasteiger partial charge in [-0.2, -0.15) is 0 Å². The number of aromatic nitrogens is 1. The Morgan fingerprint density at radius 1 is 1.32 bits per heavy atom. The summed E-state index contributed by atoms with van der Waals surface area (Å²) in [6, 6.07) is 7.44. The molecule has 6 heteroatoms. The lowest BCUT2D eigenvalue weighted by molar-refractivity contribution is -0.0477. The third-order valence-corrected chi connectivity index (χ3v) is 3.42. The average Bonchev–Trinajstić information content (AvgIpc) is 2.42. The van der Waals surface area contributed by atoms with Gasteiger partial charge in [-0.05, 0) is 17.7 Å². The summed E-state index contributed by atoms with van der Waals surface area (Å²) in [5.41, 5.74) is 1.62. The third kappa shape index (κ3) is 3.46. The number of benzene rings is 1. The molecule has 0 aliphatic carbocycles. The summed E-state index contributed by atoms with van der Waals surface area (Å²) in [6.07, 6.45) is 1.67. The van der Waals surface area contributed by atoms with Gasteiger partial charge < -0.3 is 10.4 Å². The first-order chi connectivity index (χ1) is 9.03. The molecule has 0 fully saturated rings. The minimum atomic E-state index is -3.10. The molecule has 102 valence electrons. The normalized spacial score (nSPS) is 12.0. The van der Waals surface area contributed by atoms with Crippen molar-refractivity contribution in [3.8, 4) is 0 Å². The van der Waals surface area contributed by atoms with Crippen LogP contribution in [0.5, 0.6) is 0 Å². The molecule has 0 aliphatic heterocycles. The number of halogens is 3. The molecule has 1 heterocycles. The number of alkyl halides is 2. The molecule has 0 spiro atoms. The van der Waals surface area contributed by atoms with Gasteiger partial charge in [-0.15, -0.1) is 0 Å². The van der Waals surface area contributed by atoms with Crippen LogP contribution in [0.25, 0.3) is 10.9 Å². The molecule has 0 unspecified atom stereocenters. The number of hydrogen-bond donors (Lipinski definition) is 2. The van der Waals surface area contributed by atoms with E-state index in [1.165, 1.54) is 0 Å².